The number of alkyl halides is 1. The highest BCUT2D eigenvalue weighted by atomic mass is 35.5. The number of para-hydroxylation sites is 1. The number of fused-ring (bicyclic) bond motifs is 3. The van der Waals surface area contributed by atoms with E-state index in [-0.39, 0.29) is 12.4 Å². The van der Waals surface area contributed by atoms with Gasteiger partial charge < -0.3 is 9.88 Å². The second kappa shape index (κ2) is 6.88. The Morgan fingerprint density at radius 1 is 1.21 bits per heavy atom. The van der Waals surface area contributed by atoms with Crippen molar-refractivity contribution >= 4 is 45.1 Å². The lowest BCUT2D eigenvalue weighted by Crippen LogP contribution is -2.31. The Kier molecular flexibility index (Phi) is 4.66. The molecule has 0 aliphatic carbocycles. The first kappa shape index (κ1) is 16.3. The van der Waals surface area contributed by atoms with Crippen molar-refractivity contribution < 1.29 is 4.79 Å². The molecule has 24 heavy (non-hydrogen) atoms. The molecule has 124 valence electrons. The van der Waals surface area contributed by atoms with Gasteiger partial charge >= 0.3 is 6.03 Å². The van der Waals surface area contributed by atoms with E-state index in [0.29, 0.717) is 5.69 Å². The van der Waals surface area contributed by atoms with Gasteiger partial charge in [0.1, 0.15) is 0 Å². The van der Waals surface area contributed by atoms with Crippen LogP contribution in [0.4, 0.5) is 10.5 Å². The van der Waals surface area contributed by atoms with Crippen LogP contribution in [0.1, 0.15) is 6.92 Å². The molecule has 0 saturated heterocycles. The molecule has 0 fully saturated rings. The van der Waals surface area contributed by atoms with Crippen LogP contribution in [-0.2, 0) is 6.54 Å². The molecule has 0 unspecified atom stereocenters. The predicted octanol–water partition coefficient (Wildman–Crippen LogP) is 4.57. The summed E-state index contributed by atoms with van der Waals surface area (Å²) >= 11 is 5.56. The van der Waals surface area contributed by atoms with E-state index in [1.807, 2.05) is 30.3 Å². The quantitative estimate of drug-likeness (QED) is 0.418. The van der Waals surface area contributed by atoms with Crippen LogP contribution in [0.5, 0.6) is 0 Å². The summed E-state index contributed by atoms with van der Waals surface area (Å²) in [6.07, 6.45) is 0. The maximum absolute atomic E-state index is 12.1. The minimum atomic E-state index is -0.593. The molecule has 0 aliphatic heterocycles. The van der Waals surface area contributed by atoms with Gasteiger partial charge in [-0.3, -0.25) is 0 Å². The van der Waals surface area contributed by atoms with Gasteiger partial charge in [0.15, 0.2) is 0 Å². The number of aromatic nitrogens is 1. The summed E-state index contributed by atoms with van der Waals surface area (Å²) in [5, 5.41) is 8.31. The Labute approximate surface area is 143 Å². The molecule has 0 spiro atoms. The van der Waals surface area contributed by atoms with Gasteiger partial charge in [0.25, 0.3) is 0 Å². The van der Waals surface area contributed by atoms with Gasteiger partial charge in [-0.15, -0.1) is 16.5 Å². The lowest BCUT2D eigenvalue weighted by atomic mass is 10.1. The van der Waals surface area contributed by atoms with E-state index in [1.165, 1.54) is 0 Å². The number of aryl methyl sites for hydroxylation is 1. The van der Waals surface area contributed by atoms with Crippen LogP contribution in [0.3, 0.4) is 0 Å². The Morgan fingerprint density at radius 2 is 1.96 bits per heavy atom. The van der Waals surface area contributed by atoms with E-state index in [1.54, 1.807) is 0 Å². The Bertz CT molecular complexity index is 906. The molecule has 0 atom stereocenters. The zero-order valence-electron chi connectivity index (χ0n) is 13.2. The number of carbonyl (C=O) groups excluding carboxylic acids is 1. The van der Waals surface area contributed by atoms with Crippen LogP contribution in [0, 0.1) is 4.91 Å². The maximum Gasteiger partial charge on any atom is 0.344 e. The molecule has 1 heterocycles. The van der Waals surface area contributed by atoms with E-state index in [4.69, 9.17) is 11.6 Å². The van der Waals surface area contributed by atoms with Crippen molar-refractivity contribution in [2.24, 2.45) is 5.29 Å². The van der Waals surface area contributed by atoms with Crippen LogP contribution in [-0.4, -0.2) is 28.0 Å². The molecule has 0 bridgehead atoms. The molecule has 1 N–H and O–H groups in total. The fourth-order valence-electron chi connectivity index (χ4n) is 2.92. The van der Waals surface area contributed by atoms with Crippen LogP contribution in [0.15, 0.2) is 47.8 Å². The smallest absolute Gasteiger partial charge is 0.341 e. The van der Waals surface area contributed by atoms with Gasteiger partial charge in [0.05, 0.1) is 11.8 Å². The SMILES string of the molecule is CCn1c2ccccc2c2cc(NC(=O)N(CCCl)N=O)ccc21. The van der Waals surface area contributed by atoms with Gasteiger partial charge in [-0.2, -0.15) is 5.01 Å². The highest BCUT2D eigenvalue weighted by molar-refractivity contribution is 6.18. The zero-order chi connectivity index (χ0) is 17.1. The van der Waals surface area contributed by atoms with Crippen molar-refractivity contribution in [2.45, 2.75) is 13.5 Å². The number of nitroso groups, excluding NO2 is 1. The molecule has 6 nitrogen and oxygen atoms in total. The number of anilines is 1. The highest BCUT2D eigenvalue weighted by Crippen LogP contribution is 2.31. The minimum absolute atomic E-state index is 0.0638. The van der Waals surface area contributed by atoms with E-state index >= 15 is 0 Å². The lowest BCUT2D eigenvalue weighted by Gasteiger charge is -2.13. The predicted molar refractivity (Wildman–Crippen MR) is 97.4 cm³/mol. The van der Waals surface area contributed by atoms with Crippen molar-refractivity contribution in [1.82, 2.24) is 9.58 Å². The van der Waals surface area contributed by atoms with Gasteiger partial charge in [-0.1, -0.05) is 18.2 Å². The summed E-state index contributed by atoms with van der Waals surface area (Å²) in [6, 6.07) is 13.2. The summed E-state index contributed by atoms with van der Waals surface area (Å²) in [5.41, 5.74) is 2.86. The number of amides is 2. The molecular weight excluding hydrogens is 328 g/mol. The molecule has 1 aromatic heterocycles. The third-order valence-electron chi connectivity index (χ3n) is 3.97. The summed E-state index contributed by atoms with van der Waals surface area (Å²) in [4.78, 5) is 22.8. The molecule has 0 saturated carbocycles. The average Bonchev–Trinajstić information content (AvgIpc) is 2.92. The first-order chi connectivity index (χ1) is 11.7. The zero-order valence-corrected chi connectivity index (χ0v) is 14.0. The number of benzene rings is 2. The van der Waals surface area contributed by atoms with Gasteiger partial charge in [-0.05, 0) is 31.2 Å². The number of urea groups is 1. The fraction of sp³-hybridized carbons (Fsp3) is 0.235. The molecular formula is C17H17ClN4O2. The Hall–Kier alpha value is -2.60. The summed E-state index contributed by atoms with van der Waals surface area (Å²) < 4.78 is 2.23. The number of nitrogens with zero attached hydrogens (tertiary/aromatic N) is 3. The summed E-state index contributed by atoms with van der Waals surface area (Å²) in [5.74, 6) is 0.141. The third kappa shape index (κ3) is 2.80. The average molecular weight is 345 g/mol. The molecule has 0 aliphatic rings. The number of hydrogen-bond acceptors (Lipinski definition) is 3. The van der Waals surface area contributed by atoms with Crippen LogP contribution in [0.25, 0.3) is 21.8 Å². The second-order valence-corrected chi connectivity index (χ2v) is 5.70. The monoisotopic (exact) mass is 344 g/mol. The largest absolute Gasteiger partial charge is 0.344 e. The third-order valence-corrected chi connectivity index (χ3v) is 4.14. The van der Waals surface area contributed by atoms with E-state index < -0.39 is 6.03 Å². The normalized spacial score (nSPS) is 10.9. The van der Waals surface area contributed by atoms with Gasteiger partial charge in [0.2, 0.25) is 0 Å². The number of nitrogens with one attached hydrogen (secondary N) is 1. The van der Waals surface area contributed by atoms with Crippen LogP contribution >= 0.6 is 11.6 Å². The maximum atomic E-state index is 12.1. The number of halogens is 1. The van der Waals surface area contributed by atoms with Crippen LogP contribution < -0.4 is 5.32 Å². The summed E-state index contributed by atoms with van der Waals surface area (Å²) in [6.45, 7) is 3.02. The first-order valence-electron chi connectivity index (χ1n) is 7.68. The molecule has 7 heteroatoms. The standard InChI is InChI=1S/C17H17ClN4O2/c1-2-21-15-6-4-3-5-13(15)14-11-12(7-8-16(14)21)19-17(23)22(20-24)10-9-18/h3-8,11H,2,9-10H2,1H3,(H,19,23). The van der Waals surface area contributed by atoms with Gasteiger partial charge in [0, 0.05) is 39.9 Å². The van der Waals surface area contributed by atoms with Crippen molar-refractivity contribution in [3.63, 3.8) is 0 Å². The first-order valence-corrected chi connectivity index (χ1v) is 8.21. The topological polar surface area (TPSA) is 66.7 Å². The van der Waals surface area contributed by atoms with Crippen molar-refractivity contribution in [3.05, 3.63) is 47.4 Å². The number of rotatable bonds is 5. The van der Waals surface area contributed by atoms with Crippen LogP contribution in [0.2, 0.25) is 0 Å². The van der Waals surface area contributed by atoms with Crippen molar-refractivity contribution in [2.75, 3.05) is 17.7 Å². The highest BCUT2D eigenvalue weighted by Gasteiger charge is 2.15. The number of carbonyl (C=O) groups is 1. The molecule has 2 amide bonds. The fourth-order valence-corrected chi connectivity index (χ4v) is 3.08. The Balaban J connectivity index is 2.01. The minimum Gasteiger partial charge on any atom is -0.341 e. The number of hydrogen-bond donors (Lipinski definition) is 1. The molecule has 2 aromatic carbocycles. The van der Waals surface area contributed by atoms with E-state index in [9.17, 15) is 9.70 Å². The second-order valence-electron chi connectivity index (χ2n) is 5.32. The molecule has 3 rings (SSSR count). The molecule has 0 radical (unpaired) electrons. The van der Waals surface area contributed by atoms with Gasteiger partial charge in [-0.25, -0.2) is 4.79 Å². The Morgan fingerprint density at radius 3 is 2.67 bits per heavy atom. The van der Waals surface area contributed by atoms with Crippen molar-refractivity contribution in [1.29, 1.82) is 0 Å². The molecule has 3 aromatic rings. The lowest BCUT2D eigenvalue weighted by molar-refractivity contribution is 0.216. The van der Waals surface area contributed by atoms with E-state index in [0.717, 1.165) is 33.4 Å². The van der Waals surface area contributed by atoms with Crippen molar-refractivity contribution in [3.8, 4) is 0 Å². The summed E-state index contributed by atoms with van der Waals surface area (Å²) in [7, 11) is 0. The van der Waals surface area contributed by atoms with E-state index in [2.05, 4.69) is 34.2 Å².